The number of ether oxygens (including phenoxy) is 2. The van der Waals surface area contributed by atoms with Gasteiger partial charge >= 0.3 is 11.7 Å². The molecular formula is C25H21FN2O6. The van der Waals surface area contributed by atoms with Crippen LogP contribution in [0.15, 0.2) is 82.0 Å². The maximum Gasteiger partial charge on any atom is 0.419 e. The Morgan fingerprint density at radius 1 is 0.971 bits per heavy atom. The summed E-state index contributed by atoms with van der Waals surface area (Å²) in [6.45, 7) is -0.0422. The van der Waals surface area contributed by atoms with Crippen LogP contribution in [-0.4, -0.2) is 29.7 Å². The number of carbonyl (C=O) groups excluding carboxylic acids is 2. The van der Waals surface area contributed by atoms with E-state index >= 15 is 0 Å². The van der Waals surface area contributed by atoms with Gasteiger partial charge in [0, 0.05) is 6.54 Å². The lowest BCUT2D eigenvalue weighted by molar-refractivity contribution is -0.118. The molecular weight excluding hydrogens is 443 g/mol. The van der Waals surface area contributed by atoms with Crippen molar-refractivity contribution in [1.29, 1.82) is 0 Å². The van der Waals surface area contributed by atoms with Gasteiger partial charge in [-0.25, -0.2) is 14.0 Å². The van der Waals surface area contributed by atoms with Crippen LogP contribution in [0, 0.1) is 5.82 Å². The van der Waals surface area contributed by atoms with Crippen molar-refractivity contribution in [2.24, 2.45) is 0 Å². The number of oxazole rings is 1. The minimum absolute atomic E-state index is 0.0355. The van der Waals surface area contributed by atoms with E-state index in [1.54, 1.807) is 42.5 Å². The molecule has 34 heavy (non-hydrogen) atoms. The predicted molar refractivity (Wildman–Crippen MR) is 122 cm³/mol. The Morgan fingerprint density at radius 2 is 1.71 bits per heavy atom. The number of rotatable bonds is 9. The van der Waals surface area contributed by atoms with Crippen molar-refractivity contribution in [2.45, 2.75) is 13.0 Å². The second-order valence-corrected chi connectivity index (χ2v) is 7.29. The van der Waals surface area contributed by atoms with Gasteiger partial charge in [0.25, 0.3) is 5.91 Å². The molecule has 1 N–H and O–H groups in total. The van der Waals surface area contributed by atoms with Crippen molar-refractivity contribution >= 4 is 28.7 Å². The molecule has 1 heterocycles. The zero-order chi connectivity index (χ0) is 23.9. The van der Waals surface area contributed by atoms with Crippen LogP contribution in [0.1, 0.15) is 16.8 Å². The molecule has 0 bridgehead atoms. The number of aromatic nitrogens is 1. The molecule has 3 aromatic carbocycles. The Balaban J connectivity index is 1.30. The first-order valence-electron chi connectivity index (χ1n) is 10.5. The van der Waals surface area contributed by atoms with Crippen molar-refractivity contribution in [3.8, 4) is 5.75 Å². The van der Waals surface area contributed by atoms with Gasteiger partial charge in [-0.05, 0) is 42.8 Å². The maximum absolute atomic E-state index is 13.7. The van der Waals surface area contributed by atoms with Gasteiger partial charge in [-0.2, -0.15) is 0 Å². The summed E-state index contributed by atoms with van der Waals surface area (Å²) in [5.41, 5.74) is 1.35. The molecule has 0 saturated carbocycles. The molecule has 0 atom stereocenters. The number of hydrogen-bond acceptors (Lipinski definition) is 6. The highest BCUT2D eigenvalue weighted by Crippen LogP contribution is 2.20. The Morgan fingerprint density at radius 3 is 2.56 bits per heavy atom. The molecule has 0 saturated heterocycles. The van der Waals surface area contributed by atoms with Crippen molar-refractivity contribution < 1.29 is 27.9 Å². The maximum atomic E-state index is 13.7. The van der Waals surface area contributed by atoms with E-state index in [1.807, 2.05) is 0 Å². The second kappa shape index (κ2) is 10.5. The number of amides is 1. The van der Waals surface area contributed by atoms with Crippen LogP contribution in [0.4, 0.5) is 10.1 Å². The van der Waals surface area contributed by atoms with E-state index in [1.165, 1.54) is 34.9 Å². The zero-order valence-electron chi connectivity index (χ0n) is 18.0. The fourth-order valence-corrected chi connectivity index (χ4v) is 3.34. The largest absolute Gasteiger partial charge is 0.483 e. The molecule has 1 amide bonds. The van der Waals surface area contributed by atoms with Gasteiger partial charge in [-0.3, -0.25) is 9.36 Å². The molecule has 0 aliphatic carbocycles. The Bertz CT molecular complexity index is 1380. The molecule has 174 valence electrons. The van der Waals surface area contributed by atoms with Crippen LogP contribution < -0.4 is 15.8 Å². The molecule has 4 aromatic rings. The SMILES string of the molecule is O=C(COc1ccccc1C(=O)OCCCn1c(=O)oc2ccccc21)Nc1ccccc1F. The van der Waals surface area contributed by atoms with Gasteiger partial charge in [0.2, 0.25) is 0 Å². The smallest absolute Gasteiger partial charge is 0.419 e. The predicted octanol–water partition coefficient (Wildman–Crippen LogP) is 4.00. The average molecular weight is 464 g/mol. The molecule has 8 nitrogen and oxygen atoms in total. The number of hydrogen-bond donors (Lipinski definition) is 1. The number of carbonyl (C=O) groups is 2. The molecule has 0 aliphatic heterocycles. The number of aryl methyl sites for hydroxylation is 1. The van der Waals surface area contributed by atoms with E-state index in [0.717, 1.165) is 0 Å². The normalized spacial score (nSPS) is 10.7. The molecule has 9 heteroatoms. The van der Waals surface area contributed by atoms with Crippen LogP contribution in [0.5, 0.6) is 5.75 Å². The van der Waals surface area contributed by atoms with Crippen molar-refractivity contribution in [2.75, 3.05) is 18.5 Å². The number of para-hydroxylation sites is 4. The van der Waals surface area contributed by atoms with Crippen LogP contribution in [0.3, 0.4) is 0 Å². The van der Waals surface area contributed by atoms with Crippen LogP contribution >= 0.6 is 0 Å². The summed E-state index contributed by atoms with van der Waals surface area (Å²) in [5.74, 6) is -2.08. The monoisotopic (exact) mass is 464 g/mol. The highest BCUT2D eigenvalue weighted by atomic mass is 19.1. The van der Waals surface area contributed by atoms with E-state index in [9.17, 15) is 18.8 Å². The first-order chi connectivity index (χ1) is 16.5. The van der Waals surface area contributed by atoms with Gasteiger partial charge in [-0.15, -0.1) is 0 Å². The van der Waals surface area contributed by atoms with Gasteiger partial charge in [0.05, 0.1) is 17.8 Å². The quantitative estimate of drug-likeness (QED) is 0.297. The summed E-state index contributed by atoms with van der Waals surface area (Å²) >= 11 is 0. The standard InChI is InChI=1S/C25H21FN2O6/c26-18-9-2-3-10-19(18)27-23(29)16-33-21-12-5-1-8-17(21)24(30)32-15-7-14-28-20-11-4-6-13-22(20)34-25(28)31/h1-6,8-13H,7,14-16H2,(H,27,29). The van der Waals surface area contributed by atoms with E-state index in [-0.39, 0.29) is 23.6 Å². The number of esters is 1. The molecule has 0 spiro atoms. The summed E-state index contributed by atoms with van der Waals surface area (Å²) in [4.78, 5) is 36.7. The summed E-state index contributed by atoms with van der Waals surface area (Å²) in [6, 6.07) is 19.2. The lowest BCUT2D eigenvalue weighted by Crippen LogP contribution is -2.21. The number of nitrogens with one attached hydrogen (secondary N) is 1. The Hall–Kier alpha value is -4.40. The Kier molecular flexibility index (Phi) is 7.02. The molecule has 0 radical (unpaired) electrons. The first-order valence-corrected chi connectivity index (χ1v) is 10.5. The third kappa shape index (κ3) is 5.32. The fourth-order valence-electron chi connectivity index (χ4n) is 3.34. The summed E-state index contributed by atoms with van der Waals surface area (Å²) in [5, 5.41) is 2.41. The van der Waals surface area contributed by atoms with Crippen molar-refractivity contribution in [3.05, 3.63) is 94.7 Å². The van der Waals surface area contributed by atoms with E-state index in [0.29, 0.717) is 24.1 Å². The van der Waals surface area contributed by atoms with Crippen LogP contribution in [0.25, 0.3) is 11.1 Å². The number of nitrogens with zero attached hydrogens (tertiary/aromatic N) is 1. The number of anilines is 1. The molecule has 4 rings (SSSR count). The molecule has 0 aliphatic rings. The van der Waals surface area contributed by atoms with Gasteiger partial charge in [0.1, 0.15) is 17.1 Å². The van der Waals surface area contributed by atoms with Crippen LogP contribution in [0.2, 0.25) is 0 Å². The lowest BCUT2D eigenvalue weighted by Gasteiger charge is -2.12. The van der Waals surface area contributed by atoms with Gasteiger partial charge in [0.15, 0.2) is 12.2 Å². The molecule has 0 fully saturated rings. The number of halogens is 1. The lowest BCUT2D eigenvalue weighted by atomic mass is 10.2. The minimum atomic E-state index is -0.630. The van der Waals surface area contributed by atoms with Gasteiger partial charge in [-0.1, -0.05) is 36.4 Å². The summed E-state index contributed by atoms with van der Waals surface area (Å²) < 4.78 is 31.1. The van der Waals surface area contributed by atoms with E-state index < -0.39 is 30.1 Å². The third-order valence-corrected chi connectivity index (χ3v) is 4.95. The number of benzene rings is 3. The van der Waals surface area contributed by atoms with Gasteiger partial charge < -0.3 is 19.2 Å². The first kappa shape index (κ1) is 22.8. The number of fused-ring (bicyclic) bond motifs is 1. The van der Waals surface area contributed by atoms with E-state index in [2.05, 4.69) is 5.32 Å². The average Bonchev–Trinajstić information content (AvgIpc) is 3.17. The summed E-state index contributed by atoms with van der Waals surface area (Å²) in [6.07, 6.45) is 0.392. The molecule has 1 aromatic heterocycles. The topological polar surface area (TPSA) is 99.8 Å². The third-order valence-electron chi connectivity index (χ3n) is 4.95. The second-order valence-electron chi connectivity index (χ2n) is 7.29. The van der Waals surface area contributed by atoms with E-state index in [4.69, 9.17) is 13.9 Å². The summed E-state index contributed by atoms with van der Waals surface area (Å²) in [7, 11) is 0. The van der Waals surface area contributed by atoms with Crippen molar-refractivity contribution in [1.82, 2.24) is 4.57 Å². The minimum Gasteiger partial charge on any atom is -0.483 e. The highest BCUT2D eigenvalue weighted by Gasteiger charge is 2.16. The molecule has 0 unspecified atom stereocenters. The highest BCUT2D eigenvalue weighted by molar-refractivity contribution is 5.94. The fraction of sp³-hybridized carbons (Fsp3) is 0.160. The Labute approximate surface area is 193 Å². The van der Waals surface area contributed by atoms with Crippen molar-refractivity contribution in [3.63, 3.8) is 0 Å². The zero-order valence-corrected chi connectivity index (χ0v) is 18.0. The van der Waals surface area contributed by atoms with Crippen LogP contribution in [-0.2, 0) is 16.1 Å².